The molecule has 0 unspecified atom stereocenters. The first kappa shape index (κ1) is 7.16. The van der Waals surface area contributed by atoms with E-state index in [1.165, 1.54) is 0 Å². The maximum atomic E-state index is 5.45. The Labute approximate surface area is 70.2 Å². The molecule has 0 spiro atoms. The van der Waals surface area contributed by atoms with Crippen molar-refractivity contribution in [2.45, 2.75) is 13.8 Å². The number of aryl methyl sites for hydroxylation is 2. The fourth-order valence-corrected chi connectivity index (χ4v) is 1.28. The van der Waals surface area contributed by atoms with Crippen molar-refractivity contribution in [3.05, 3.63) is 23.3 Å². The average Bonchev–Trinajstić information content (AvgIpc) is 2.41. The molecule has 0 atom stereocenters. The molecule has 1 heterocycles. The molecular formula is C9H10N2O. The second-order valence-electron chi connectivity index (χ2n) is 2.93. The minimum Gasteiger partial charge on any atom is -0.423 e. The molecule has 0 amide bonds. The van der Waals surface area contributed by atoms with Crippen LogP contribution in [0.3, 0.4) is 0 Å². The van der Waals surface area contributed by atoms with Gasteiger partial charge in [0.1, 0.15) is 5.52 Å². The molecule has 1 aromatic heterocycles. The zero-order chi connectivity index (χ0) is 8.72. The summed E-state index contributed by atoms with van der Waals surface area (Å²) in [6.07, 6.45) is 0. The summed E-state index contributed by atoms with van der Waals surface area (Å²) in [5, 5.41) is 0. The standard InChI is InChI=1S/C9H10N2O/c1-5-3-4-6(2)8-7(5)11-9(10)12-8/h3-4H,1-2H3,(H2,10,11). The van der Waals surface area contributed by atoms with Gasteiger partial charge in [-0.25, -0.2) is 0 Å². The molecule has 12 heavy (non-hydrogen) atoms. The zero-order valence-electron chi connectivity index (χ0n) is 7.09. The quantitative estimate of drug-likeness (QED) is 0.644. The van der Waals surface area contributed by atoms with Crippen molar-refractivity contribution >= 4 is 17.1 Å². The Bertz CT molecular complexity index is 392. The van der Waals surface area contributed by atoms with Crippen LogP contribution in [0.25, 0.3) is 11.1 Å². The van der Waals surface area contributed by atoms with Crippen molar-refractivity contribution in [1.82, 2.24) is 4.98 Å². The van der Waals surface area contributed by atoms with Crippen molar-refractivity contribution in [2.75, 3.05) is 5.73 Å². The number of aromatic nitrogens is 1. The molecule has 0 fully saturated rings. The van der Waals surface area contributed by atoms with Crippen LogP contribution in [0.15, 0.2) is 16.5 Å². The number of rotatable bonds is 0. The molecule has 62 valence electrons. The summed E-state index contributed by atoms with van der Waals surface area (Å²) in [6.45, 7) is 3.97. The van der Waals surface area contributed by atoms with E-state index in [4.69, 9.17) is 10.2 Å². The Kier molecular flexibility index (Phi) is 1.33. The Morgan fingerprint density at radius 2 is 1.92 bits per heavy atom. The van der Waals surface area contributed by atoms with Crippen molar-refractivity contribution in [3.63, 3.8) is 0 Å². The van der Waals surface area contributed by atoms with Gasteiger partial charge in [0, 0.05) is 0 Å². The van der Waals surface area contributed by atoms with Crippen LogP contribution in [0, 0.1) is 13.8 Å². The third kappa shape index (κ3) is 0.863. The Morgan fingerprint density at radius 3 is 2.58 bits per heavy atom. The van der Waals surface area contributed by atoms with E-state index in [0.717, 1.165) is 22.2 Å². The van der Waals surface area contributed by atoms with Crippen molar-refractivity contribution in [1.29, 1.82) is 0 Å². The highest BCUT2D eigenvalue weighted by Gasteiger charge is 2.06. The van der Waals surface area contributed by atoms with E-state index >= 15 is 0 Å². The smallest absolute Gasteiger partial charge is 0.293 e. The van der Waals surface area contributed by atoms with Crippen molar-refractivity contribution < 1.29 is 4.42 Å². The minimum absolute atomic E-state index is 0.238. The number of hydrogen-bond acceptors (Lipinski definition) is 3. The molecule has 0 saturated carbocycles. The molecule has 0 bridgehead atoms. The van der Waals surface area contributed by atoms with Gasteiger partial charge in [0.15, 0.2) is 5.58 Å². The monoisotopic (exact) mass is 162 g/mol. The summed E-state index contributed by atoms with van der Waals surface area (Å²) in [5.74, 6) is 0. The number of nitrogen functional groups attached to an aromatic ring is 1. The van der Waals surface area contributed by atoms with E-state index in [9.17, 15) is 0 Å². The summed E-state index contributed by atoms with van der Waals surface area (Å²) >= 11 is 0. The SMILES string of the molecule is Cc1ccc(C)c2oc(N)nc12. The van der Waals surface area contributed by atoms with Crippen LogP contribution in [-0.2, 0) is 0 Å². The van der Waals surface area contributed by atoms with Gasteiger partial charge in [0.05, 0.1) is 0 Å². The van der Waals surface area contributed by atoms with Crippen LogP contribution in [0.4, 0.5) is 6.01 Å². The zero-order valence-corrected chi connectivity index (χ0v) is 7.09. The number of nitrogens with zero attached hydrogens (tertiary/aromatic N) is 1. The third-order valence-corrected chi connectivity index (χ3v) is 1.96. The summed E-state index contributed by atoms with van der Waals surface area (Å²) in [5.41, 5.74) is 9.28. The summed E-state index contributed by atoms with van der Waals surface area (Å²) < 4.78 is 5.25. The summed E-state index contributed by atoms with van der Waals surface area (Å²) in [7, 11) is 0. The highest BCUT2D eigenvalue weighted by Crippen LogP contribution is 2.23. The molecule has 3 nitrogen and oxygen atoms in total. The molecule has 0 radical (unpaired) electrons. The Hall–Kier alpha value is -1.51. The van der Waals surface area contributed by atoms with Crippen LogP contribution in [0.2, 0.25) is 0 Å². The van der Waals surface area contributed by atoms with Crippen LogP contribution in [-0.4, -0.2) is 4.98 Å². The minimum atomic E-state index is 0.238. The van der Waals surface area contributed by atoms with Crippen molar-refractivity contribution in [2.24, 2.45) is 0 Å². The van der Waals surface area contributed by atoms with E-state index in [-0.39, 0.29) is 6.01 Å². The average molecular weight is 162 g/mol. The first-order valence-electron chi connectivity index (χ1n) is 3.80. The molecule has 2 N–H and O–H groups in total. The van der Waals surface area contributed by atoms with Gasteiger partial charge in [0.2, 0.25) is 0 Å². The second-order valence-corrected chi connectivity index (χ2v) is 2.93. The van der Waals surface area contributed by atoms with Gasteiger partial charge < -0.3 is 10.2 Å². The lowest BCUT2D eigenvalue weighted by molar-refractivity contribution is 0.623. The number of oxazole rings is 1. The number of anilines is 1. The highest BCUT2D eigenvalue weighted by molar-refractivity contribution is 5.80. The van der Waals surface area contributed by atoms with Gasteiger partial charge in [0.25, 0.3) is 6.01 Å². The molecule has 0 aliphatic heterocycles. The fourth-order valence-electron chi connectivity index (χ4n) is 1.28. The normalized spacial score (nSPS) is 10.8. The third-order valence-electron chi connectivity index (χ3n) is 1.96. The lowest BCUT2D eigenvalue weighted by atomic mass is 10.1. The van der Waals surface area contributed by atoms with Gasteiger partial charge in [-0.2, -0.15) is 4.98 Å². The van der Waals surface area contributed by atoms with Gasteiger partial charge in [-0.3, -0.25) is 0 Å². The number of hydrogen-bond donors (Lipinski definition) is 1. The summed E-state index contributed by atoms with van der Waals surface area (Å²) in [6, 6.07) is 4.25. The maximum Gasteiger partial charge on any atom is 0.293 e. The van der Waals surface area contributed by atoms with E-state index in [0.29, 0.717) is 0 Å². The van der Waals surface area contributed by atoms with Gasteiger partial charge in [-0.05, 0) is 25.0 Å². The molecule has 0 aliphatic carbocycles. The lowest BCUT2D eigenvalue weighted by Gasteiger charge is -1.94. The van der Waals surface area contributed by atoms with Crippen molar-refractivity contribution in [3.8, 4) is 0 Å². The van der Waals surface area contributed by atoms with Gasteiger partial charge in [-0.15, -0.1) is 0 Å². The predicted octanol–water partition coefficient (Wildman–Crippen LogP) is 2.03. The largest absolute Gasteiger partial charge is 0.423 e. The maximum absolute atomic E-state index is 5.45. The highest BCUT2D eigenvalue weighted by atomic mass is 16.4. The van der Waals surface area contributed by atoms with Crippen LogP contribution < -0.4 is 5.73 Å². The van der Waals surface area contributed by atoms with Gasteiger partial charge in [-0.1, -0.05) is 12.1 Å². The van der Waals surface area contributed by atoms with E-state index in [2.05, 4.69) is 4.98 Å². The summed E-state index contributed by atoms with van der Waals surface area (Å²) in [4.78, 5) is 4.08. The van der Waals surface area contributed by atoms with Crippen LogP contribution >= 0.6 is 0 Å². The Morgan fingerprint density at radius 1 is 1.25 bits per heavy atom. The molecule has 1 aromatic carbocycles. The second kappa shape index (κ2) is 2.24. The lowest BCUT2D eigenvalue weighted by Crippen LogP contribution is -1.82. The molecular weight excluding hydrogens is 152 g/mol. The van der Waals surface area contributed by atoms with Crippen LogP contribution in [0.5, 0.6) is 0 Å². The number of nitrogens with two attached hydrogens (primary N) is 1. The Balaban J connectivity index is 2.93. The molecule has 0 saturated heterocycles. The topological polar surface area (TPSA) is 52.0 Å². The first-order valence-corrected chi connectivity index (χ1v) is 3.80. The molecule has 2 rings (SSSR count). The number of fused-ring (bicyclic) bond motifs is 1. The first-order chi connectivity index (χ1) is 5.68. The van der Waals surface area contributed by atoms with Crippen LogP contribution in [0.1, 0.15) is 11.1 Å². The number of benzene rings is 1. The van der Waals surface area contributed by atoms with E-state index in [1.807, 2.05) is 26.0 Å². The van der Waals surface area contributed by atoms with E-state index < -0.39 is 0 Å². The molecule has 3 heteroatoms. The molecule has 2 aromatic rings. The van der Waals surface area contributed by atoms with E-state index in [1.54, 1.807) is 0 Å². The fraction of sp³-hybridized carbons (Fsp3) is 0.222. The molecule has 0 aliphatic rings. The predicted molar refractivity (Wildman–Crippen MR) is 47.9 cm³/mol. The van der Waals surface area contributed by atoms with Gasteiger partial charge >= 0.3 is 0 Å².